The molecule has 1 spiro atoms. The van der Waals surface area contributed by atoms with Crippen LogP contribution in [-0.2, 0) is 19.7 Å². The highest BCUT2D eigenvalue weighted by Gasteiger charge is 2.49. The molecule has 1 atom stereocenters. The number of carbonyl (C=O) groups is 1. The van der Waals surface area contributed by atoms with E-state index in [2.05, 4.69) is 0 Å². The number of halogens is 1. The molecule has 0 bridgehead atoms. The van der Waals surface area contributed by atoms with Crippen molar-refractivity contribution in [2.75, 3.05) is 39.5 Å². The van der Waals surface area contributed by atoms with Crippen LogP contribution in [0, 0.1) is 11.2 Å². The van der Waals surface area contributed by atoms with Crippen LogP contribution in [0.15, 0.2) is 24.3 Å². The first-order chi connectivity index (χ1) is 11.6. The molecule has 1 aromatic carbocycles. The topological polar surface area (TPSA) is 38.8 Å². The van der Waals surface area contributed by atoms with Crippen molar-refractivity contribution in [3.63, 3.8) is 0 Å². The maximum absolute atomic E-state index is 13.5. The van der Waals surface area contributed by atoms with Crippen molar-refractivity contribution in [2.45, 2.75) is 31.1 Å². The van der Waals surface area contributed by atoms with Gasteiger partial charge in [0, 0.05) is 38.3 Å². The summed E-state index contributed by atoms with van der Waals surface area (Å²) in [6, 6.07) is 6.44. The number of carbonyl (C=O) groups excluding carboxylic acids is 1. The Morgan fingerprint density at radius 3 is 2.38 bits per heavy atom. The summed E-state index contributed by atoms with van der Waals surface area (Å²) in [5.74, 6) is -0.0854. The zero-order valence-electron chi connectivity index (χ0n) is 13.9. The van der Waals surface area contributed by atoms with Gasteiger partial charge >= 0.3 is 0 Å². The van der Waals surface area contributed by atoms with Crippen LogP contribution in [0.5, 0.6) is 0 Å². The molecule has 3 heterocycles. The van der Waals surface area contributed by atoms with E-state index in [4.69, 9.17) is 9.47 Å². The van der Waals surface area contributed by atoms with Gasteiger partial charge in [0.25, 0.3) is 0 Å². The maximum Gasteiger partial charge on any atom is 0.233 e. The summed E-state index contributed by atoms with van der Waals surface area (Å²) in [7, 11) is 0. The fourth-order valence-electron chi connectivity index (χ4n) is 4.50. The van der Waals surface area contributed by atoms with Gasteiger partial charge in [0.1, 0.15) is 5.82 Å². The Morgan fingerprint density at radius 2 is 1.71 bits per heavy atom. The minimum atomic E-state index is -0.572. The number of hydrogen-bond donors (Lipinski definition) is 0. The van der Waals surface area contributed by atoms with Gasteiger partial charge in [-0.2, -0.15) is 0 Å². The lowest BCUT2D eigenvalue weighted by molar-refractivity contribution is -0.140. The molecule has 3 aliphatic rings. The number of likely N-dealkylation sites (tertiary alicyclic amines) is 1. The lowest BCUT2D eigenvalue weighted by atomic mass is 9.73. The van der Waals surface area contributed by atoms with Crippen molar-refractivity contribution in [1.29, 1.82) is 0 Å². The molecule has 24 heavy (non-hydrogen) atoms. The van der Waals surface area contributed by atoms with Crippen LogP contribution >= 0.6 is 0 Å². The van der Waals surface area contributed by atoms with Gasteiger partial charge in [-0.1, -0.05) is 12.1 Å². The lowest BCUT2D eigenvalue weighted by Crippen LogP contribution is -2.49. The molecule has 1 amide bonds. The molecule has 0 radical (unpaired) electrons. The number of hydrogen-bond acceptors (Lipinski definition) is 3. The van der Waals surface area contributed by atoms with Crippen molar-refractivity contribution < 1.29 is 18.7 Å². The third-order valence-electron chi connectivity index (χ3n) is 6.06. The predicted molar refractivity (Wildman–Crippen MR) is 87.2 cm³/mol. The van der Waals surface area contributed by atoms with E-state index in [9.17, 15) is 9.18 Å². The SMILES string of the molecule is O=C(N1CCC2(CCOC2)C1)C1(c2ccc(F)cc2)CCOCC1. The molecule has 3 fully saturated rings. The van der Waals surface area contributed by atoms with Gasteiger partial charge in [-0.05, 0) is 43.4 Å². The van der Waals surface area contributed by atoms with Crippen LogP contribution in [0.3, 0.4) is 0 Å². The number of rotatable bonds is 2. The monoisotopic (exact) mass is 333 g/mol. The van der Waals surface area contributed by atoms with E-state index < -0.39 is 5.41 Å². The molecule has 0 N–H and O–H groups in total. The first-order valence-corrected chi connectivity index (χ1v) is 8.85. The molecule has 0 saturated carbocycles. The Balaban J connectivity index is 1.61. The van der Waals surface area contributed by atoms with Crippen LogP contribution in [0.25, 0.3) is 0 Å². The zero-order valence-corrected chi connectivity index (χ0v) is 13.9. The van der Waals surface area contributed by atoms with E-state index >= 15 is 0 Å². The Hall–Kier alpha value is -1.46. The molecule has 3 aliphatic heterocycles. The third-order valence-corrected chi connectivity index (χ3v) is 6.06. The highest BCUT2D eigenvalue weighted by atomic mass is 19.1. The van der Waals surface area contributed by atoms with Crippen molar-refractivity contribution in [3.8, 4) is 0 Å². The van der Waals surface area contributed by atoms with Gasteiger partial charge in [-0.15, -0.1) is 0 Å². The smallest absolute Gasteiger partial charge is 0.233 e. The number of amides is 1. The Labute approximate surface area is 141 Å². The summed E-state index contributed by atoms with van der Waals surface area (Å²) in [5.41, 5.74) is 0.503. The molecular formula is C19H24FNO3. The van der Waals surface area contributed by atoms with E-state index in [1.807, 2.05) is 4.90 Å². The van der Waals surface area contributed by atoms with Crippen LogP contribution in [-0.4, -0.2) is 50.3 Å². The summed E-state index contributed by atoms with van der Waals surface area (Å²) in [5, 5.41) is 0. The molecule has 1 unspecified atom stereocenters. The van der Waals surface area contributed by atoms with Gasteiger partial charge in [0.2, 0.25) is 5.91 Å². The van der Waals surface area contributed by atoms with E-state index in [0.717, 1.165) is 44.7 Å². The van der Waals surface area contributed by atoms with Crippen LogP contribution in [0.4, 0.5) is 4.39 Å². The van der Waals surface area contributed by atoms with E-state index in [1.165, 1.54) is 12.1 Å². The number of nitrogens with zero attached hydrogens (tertiary/aromatic N) is 1. The standard InChI is InChI=1S/C19H24FNO3/c20-16-3-1-15(2-4-16)19(7-11-23-12-8-19)17(22)21-9-5-18(13-21)6-10-24-14-18/h1-4H,5-14H2. The average Bonchev–Trinajstić information content (AvgIpc) is 3.26. The molecule has 1 aromatic rings. The summed E-state index contributed by atoms with van der Waals surface area (Å²) in [4.78, 5) is 15.5. The van der Waals surface area contributed by atoms with Crippen LogP contribution < -0.4 is 0 Å². The van der Waals surface area contributed by atoms with Gasteiger partial charge in [0.15, 0.2) is 0 Å². The second-order valence-corrected chi connectivity index (χ2v) is 7.48. The molecular weight excluding hydrogens is 309 g/mol. The summed E-state index contributed by atoms with van der Waals surface area (Å²) >= 11 is 0. The fourth-order valence-corrected chi connectivity index (χ4v) is 4.50. The van der Waals surface area contributed by atoms with Gasteiger partial charge in [-0.3, -0.25) is 4.79 Å². The Kier molecular flexibility index (Phi) is 4.09. The Morgan fingerprint density at radius 1 is 1.00 bits per heavy atom. The first kappa shape index (κ1) is 16.0. The molecule has 130 valence electrons. The minimum Gasteiger partial charge on any atom is -0.381 e. The summed E-state index contributed by atoms with van der Waals surface area (Å²) in [6.45, 7) is 4.31. The van der Waals surface area contributed by atoms with Crippen molar-refractivity contribution >= 4 is 5.91 Å². The van der Waals surface area contributed by atoms with Crippen molar-refractivity contribution in [3.05, 3.63) is 35.6 Å². The number of benzene rings is 1. The molecule has 0 aromatic heterocycles. The zero-order chi connectivity index (χ0) is 16.6. The average molecular weight is 333 g/mol. The number of ether oxygens (including phenoxy) is 2. The van der Waals surface area contributed by atoms with Crippen LogP contribution in [0.2, 0.25) is 0 Å². The Bertz CT molecular complexity index is 604. The normalized spacial score (nSPS) is 29.3. The van der Waals surface area contributed by atoms with E-state index in [0.29, 0.717) is 26.1 Å². The maximum atomic E-state index is 13.5. The van der Waals surface area contributed by atoms with E-state index in [1.54, 1.807) is 12.1 Å². The summed E-state index contributed by atoms with van der Waals surface area (Å²) in [6.07, 6.45) is 3.40. The second kappa shape index (κ2) is 6.12. The quantitative estimate of drug-likeness (QED) is 0.835. The highest BCUT2D eigenvalue weighted by Crippen LogP contribution is 2.42. The van der Waals surface area contributed by atoms with Crippen molar-refractivity contribution in [1.82, 2.24) is 4.90 Å². The molecule has 3 saturated heterocycles. The van der Waals surface area contributed by atoms with Crippen molar-refractivity contribution in [2.24, 2.45) is 5.41 Å². The largest absolute Gasteiger partial charge is 0.381 e. The molecule has 4 nitrogen and oxygen atoms in total. The highest BCUT2D eigenvalue weighted by molar-refractivity contribution is 5.88. The lowest BCUT2D eigenvalue weighted by Gasteiger charge is -2.39. The molecule has 0 aliphatic carbocycles. The summed E-state index contributed by atoms with van der Waals surface area (Å²) < 4.78 is 24.4. The fraction of sp³-hybridized carbons (Fsp3) is 0.632. The van der Waals surface area contributed by atoms with Gasteiger partial charge in [-0.25, -0.2) is 4.39 Å². The van der Waals surface area contributed by atoms with Gasteiger partial charge in [0.05, 0.1) is 12.0 Å². The second-order valence-electron chi connectivity index (χ2n) is 7.48. The third kappa shape index (κ3) is 2.64. The van der Waals surface area contributed by atoms with Crippen LogP contribution in [0.1, 0.15) is 31.2 Å². The van der Waals surface area contributed by atoms with E-state index in [-0.39, 0.29) is 17.1 Å². The van der Waals surface area contributed by atoms with Gasteiger partial charge < -0.3 is 14.4 Å². The molecule has 5 heteroatoms. The first-order valence-electron chi connectivity index (χ1n) is 8.85. The predicted octanol–water partition coefficient (Wildman–Crippen LogP) is 2.51. The minimum absolute atomic E-state index is 0.158. The molecule has 4 rings (SSSR count).